The van der Waals surface area contributed by atoms with E-state index in [1.54, 1.807) is 6.07 Å². The number of rotatable bonds is 10. The molecule has 1 aromatic carbocycles. The first-order valence-electron chi connectivity index (χ1n) is 10.2. The maximum atomic E-state index is 10.6. The number of hydrogen-bond donors (Lipinski definition) is 3. The van der Waals surface area contributed by atoms with Gasteiger partial charge in [-0.1, -0.05) is 51.7 Å². The van der Waals surface area contributed by atoms with Gasteiger partial charge in [0.25, 0.3) is 0 Å². The van der Waals surface area contributed by atoms with Crippen LogP contribution in [0.25, 0.3) is 0 Å². The van der Waals surface area contributed by atoms with E-state index in [2.05, 4.69) is 19.9 Å². The van der Waals surface area contributed by atoms with Crippen molar-refractivity contribution in [1.82, 2.24) is 0 Å². The molecule has 2 rings (SSSR count). The molecule has 0 aromatic heterocycles. The fourth-order valence-electron chi connectivity index (χ4n) is 4.60. The van der Waals surface area contributed by atoms with Crippen molar-refractivity contribution >= 4 is 0 Å². The third-order valence-electron chi connectivity index (χ3n) is 6.07. The maximum absolute atomic E-state index is 10.6. The van der Waals surface area contributed by atoms with Crippen LogP contribution in [0.3, 0.4) is 0 Å². The van der Waals surface area contributed by atoms with Crippen molar-refractivity contribution in [2.75, 3.05) is 0 Å². The Hall–Kier alpha value is -1.06. The van der Waals surface area contributed by atoms with Gasteiger partial charge in [-0.05, 0) is 67.6 Å². The molecule has 1 aromatic rings. The van der Waals surface area contributed by atoms with Gasteiger partial charge in [0.2, 0.25) is 0 Å². The lowest BCUT2D eigenvalue weighted by Crippen LogP contribution is -2.24. The molecule has 0 radical (unpaired) electrons. The Morgan fingerprint density at radius 2 is 1.92 bits per heavy atom. The minimum absolute atomic E-state index is 0.235. The average molecular weight is 349 g/mol. The van der Waals surface area contributed by atoms with E-state index in [1.165, 1.54) is 12.8 Å². The molecule has 0 bridgehead atoms. The summed E-state index contributed by atoms with van der Waals surface area (Å²) in [4.78, 5) is 0. The zero-order valence-electron chi connectivity index (χ0n) is 15.9. The number of phenols is 1. The first kappa shape index (κ1) is 20.3. The van der Waals surface area contributed by atoms with E-state index in [1.807, 2.05) is 12.1 Å². The van der Waals surface area contributed by atoms with Gasteiger partial charge in [0, 0.05) is 0 Å². The van der Waals surface area contributed by atoms with E-state index in [0.717, 1.165) is 50.5 Å². The summed E-state index contributed by atoms with van der Waals surface area (Å²) in [7, 11) is 0. The second kappa shape index (κ2) is 10.2. The molecule has 0 heterocycles. The Bertz CT molecular complexity index is 502. The lowest BCUT2D eigenvalue weighted by Gasteiger charge is -2.26. The molecule has 0 amide bonds. The number of phenolic OH excluding ortho intramolecular Hbond substituents is 1. The van der Waals surface area contributed by atoms with Crippen molar-refractivity contribution in [3.05, 3.63) is 29.8 Å². The van der Waals surface area contributed by atoms with Gasteiger partial charge in [-0.2, -0.15) is 0 Å². The van der Waals surface area contributed by atoms with Gasteiger partial charge in [0.1, 0.15) is 5.75 Å². The van der Waals surface area contributed by atoms with Crippen LogP contribution in [0.5, 0.6) is 5.75 Å². The summed E-state index contributed by atoms with van der Waals surface area (Å²) < 4.78 is 0. The molecule has 0 unspecified atom stereocenters. The Balaban J connectivity index is 1.95. The summed E-state index contributed by atoms with van der Waals surface area (Å²) in [6, 6.07) is 7.50. The Morgan fingerprint density at radius 1 is 1.12 bits per heavy atom. The zero-order chi connectivity index (χ0) is 18.2. The highest BCUT2D eigenvalue weighted by Gasteiger charge is 2.41. The summed E-state index contributed by atoms with van der Waals surface area (Å²) in [5.41, 5.74) is 1.14. The number of unbranched alkanes of at least 4 members (excludes halogenated alkanes) is 2. The number of hydrogen-bond acceptors (Lipinski definition) is 3. The number of aromatic hydroxyl groups is 1. The normalized spacial score (nSPS) is 27.5. The summed E-state index contributed by atoms with van der Waals surface area (Å²) in [6.45, 7) is 4.38. The van der Waals surface area contributed by atoms with Gasteiger partial charge in [-0.3, -0.25) is 0 Å². The second-order valence-electron chi connectivity index (χ2n) is 7.90. The molecule has 0 aliphatic heterocycles. The molecule has 0 saturated heterocycles. The minimum atomic E-state index is -0.255. The van der Waals surface area contributed by atoms with Crippen molar-refractivity contribution in [1.29, 1.82) is 0 Å². The van der Waals surface area contributed by atoms with Crippen molar-refractivity contribution in [3.8, 4) is 5.75 Å². The highest BCUT2D eigenvalue weighted by atomic mass is 16.3. The molecule has 25 heavy (non-hydrogen) atoms. The van der Waals surface area contributed by atoms with Crippen LogP contribution in [0.1, 0.15) is 70.8 Å². The van der Waals surface area contributed by atoms with Gasteiger partial charge < -0.3 is 15.3 Å². The van der Waals surface area contributed by atoms with Crippen LogP contribution in [-0.4, -0.2) is 27.5 Å². The SMILES string of the molecule is CCCCC[C@H](O)CC[C@@H]1[C@@H](Cc2cccc(O)c2)[C@@H](CC)C[C@H]1O. The molecule has 142 valence electrons. The van der Waals surface area contributed by atoms with E-state index in [-0.39, 0.29) is 18.1 Å². The molecule has 5 atom stereocenters. The van der Waals surface area contributed by atoms with Gasteiger partial charge >= 0.3 is 0 Å². The highest BCUT2D eigenvalue weighted by Crippen LogP contribution is 2.43. The predicted molar refractivity (Wildman–Crippen MR) is 103 cm³/mol. The molecule has 0 spiro atoms. The Labute approximate surface area is 153 Å². The summed E-state index contributed by atoms with van der Waals surface area (Å²) in [5, 5.41) is 30.6. The lowest BCUT2D eigenvalue weighted by atomic mass is 9.80. The van der Waals surface area contributed by atoms with Gasteiger partial charge in [0.05, 0.1) is 12.2 Å². The topological polar surface area (TPSA) is 60.7 Å². The largest absolute Gasteiger partial charge is 0.508 e. The fraction of sp³-hybridized carbons (Fsp3) is 0.727. The third-order valence-corrected chi connectivity index (χ3v) is 6.07. The molecule has 1 fully saturated rings. The lowest BCUT2D eigenvalue weighted by molar-refractivity contribution is 0.0873. The summed E-state index contributed by atoms with van der Waals surface area (Å²) in [6.07, 6.45) is 8.38. The summed E-state index contributed by atoms with van der Waals surface area (Å²) >= 11 is 0. The molecule has 1 saturated carbocycles. The van der Waals surface area contributed by atoms with E-state index in [0.29, 0.717) is 17.6 Å². The fourth-order valence-corrected chi connectivity index (χ4v) is 4.60. The van der Waals surface area contributed by atoms with Crippen molar-refractivity contribution in [2.45, 2.75) is 83.8 Å². The second-order valence-corrected chi connectivity index (χ2v) is 7.90. The van der Waals surface area contributed by atoms with Crippen molar-refractivity contribution in [2.24, 2.45) is 17.8 Å². The van der Waals surface area contributed by atoms with Crippen LogP contribution in [-0.2, 0) is 6.42 Å². The van der Waals surface area contributed by atoms with Gasteiger partial charge in [-0.25, -0.2) is 0 Å². The molecule has 1 aliphatic carbocycles. The van der Waals surface area contributed by atoms with E-state index in [9.17, 15) is 15.3 Å². The standard InChI is InChI=1S/C22H36O3/c1-3-5-6-9-18(23)11-12-20-21(17(4-2)15-22(20)25)14-16-8-7-10-19(24)13-16/h7-8,10,13,17-18,20-25H,3-6,9,11-12,14-15H2,1-2H3/t17-,18-,20+,21-,22+/m0/s1. The van der Waals surface area contributed by atoms with Gasteiger partial charge in [0.15, 0.2) is 0 Å². The maximum Gasteiger partial charge on any atom is 0.115 e. The first-order valence-corrected chi connectivity index (χ1v) is 10.2. The van der Waals surface area contributed by atoms with Crippen LogP contribution in [0.2, 0.25) is 0 Å². The van der Waals surface area contributed by atoms with Gasteiger partial charge in [-0.15, -0.1) is 0 Å². The predicted octanol–water partition coefficient (Wildman–Crippen LogP) is 4.68. The third kappa shape index (κ3) is 6.00. The molecule has 3 N–H and O–H groups in total. The zero-order valence-corrected chi connectivity index (χ0v) is 15.9. The van der Waals surface area contributed by atoms with Crippen molar-refractivity contribution in [3.63, 3.8) is 0 Å². The molecular weight excluding hydrogens is 312 g/mol. The Kier molecular flexibility index (Phi) is 8.25. The molecule has 1 aliphatic rings. The van der Waals surface area contributed by atoms with Crippen LogP contribution in [0, 0.1) is 17.8 Å². The highest BCUT2D eigenvalue weighted by molar-refractivity contribution is 5.27. The van der Waals surface area contributed by atoms with Crippen LogP contribution in [0.15, 0.2) is 24.3 Å². The molecule has 3 nitrogen and oxygen atoms in total. The van der Waals surface area contributed by atoms with E-state index in [4.69, 9.17) is 0 Å². The number of benzene rings is 1. The quantitative estimate of drug-likeness (QED) is 0.538. The van der Waals surface area contributed by atoms with Crippen LogP contribution >= 0.6 is 0 Å². The minimum Gasteiger partial charge on any atom is -0.508 e. The first-order chi connectivity index (χ1) is 12.0. The van der Waals surface area contributed by atoms with E-state index < -0.39 is 0 Å². The number of aliphatic hydroxyl groups excluding tert-OH is 2. The summed E-state index contributed by atoms with van der Waals surface area (Å²) in [5.74, 6) is 1.53. The Morgan fingerprint density at radius 3 is 2.60 bits per heavy atom. The number of aliphatic hydroxyl groups is 2. The smallest absolute Gasteiger partial charge is 0.115 e. The molecular formula is C22H36O3. The molecule has 3 heteroatoms. The monoisotopic (exact) mass is 348 g/mol. The van der Waals surface area contributed by atoms with Crippen LogP contribution in [0.4, 0.5) is 0 Å². The average Bonchev–Trinajstić information content (AvgIpc) is 2.88. The van der Waals surface area contributed by atoms with Crippen molar-refractivity contribution < 1.29 is 15.3 Å². The van der Waals surface area contributed by atoms with Crippen LogP contribution < -0.4 is 0 Å². The van der Waals surface area contributed by atoms with E-state index >= 15 is 0 Å².